The first-order valence-electron chi connectivity index (χ1n) is 6.46. The fourth-order valence-electron chi connectivity index (χ4n) is 2.92. The van der Waals surface area contributed by atoms with Crippen LogP contribution in [0.5, 0.6) is 0 Å². The fourth-order valence-corrected chi connectivity index (χ4v) is 2.92. The number of nitrogens with two attached hydrogens (primary N) is 1. The van der Waals surface area contributed by atoms with E-state index in [0.717, 1.165) is 37.5 Å². The molecule has 2 rings (SSSR count). The Hall–Kier alpha value is -1.10. The van der Waals surface area contributed by atoms with Crippen LogP contribution < -0.4 is 5.73 Å². The van der Waals surface area contributed by atoms with Crippen LogP contribution in [0.15, 0.2) is 18.2 Å². The molecule has 2 N–H and O–H groups in total. The van der Waals surface area contributed by atoms with E-state index in [2.05, 4.69) is 0 Å². The Kier molecular flexibility index (Phi) is 3.85. The highest BCUT2D eigenvalue weighted by molar-refractivity contribution is 5.34. The molecular weight excluding hydrogens is 258 g/mol. The van der Waals surface area contributed by atoms with Gasteiger partial charge in [-0.25, -0.2) is 4.39 Å². The number of rotatable bonds is 2. The molecule has 1 aromatic rings. The smallest absolute Gasteiger partial charge is 0.330 e. The Morgan fingerprint density at radius 2 is 1.74 bits per heavy atom. The van der Waals surface area contributed by atoms with Crippen molar-refractivity contribution in [3.05, 3.63) is 35.1 Å². The van der Waals surface area contributed by atoms with Gasteiger partial charge in [-0.3, -0.25) is 0 Å². The molecule has 5 heteroatoms. The first-order chi connectivity index (χ1) is 8.89. The SMILES string of the molecule is NCC1(c2cc(C(F)(F)F)ccc2F)CCCCC1. The van der Waals surface area contributed by atoms with Crippen LogP contribution in [0.25, 0.3) is 0 Å². The van der Waals surface area contributed by atoms with E-state index in [-0.39, 0.29) is 12.1 Å². The maximum atomic E-state index is 14.0. The highest BCUT2D eigenvalue weighted by Gasteiger charge is 2.38. The Labute approximate surface area is 109 Å². The highest BCUT2D eigenvalue weighted by Crippen LogP contribution is 2.41. The number of hydrogen-bond donors (Lipinski definition) is 1. The fraction of sp³-hybridized carbons (Fsp3) is 0.571. The monoisotopic (exact) mass is 275 g/mol. The molecular formula is C14H17F4N. The third-order valence-electron chi connectivity index (χ3n) is 4.07. The lowest BCUT2D eigenvalue weighted by atomic mass is 9.69. The predicted molar refractivity (Wildman–Crippen MR) is 65.2 cm³/mol. The predicted octanol–water partition coefficient (Wildman–Crippen LogP) is 4.01. The van der Waals surface area contributed by atoms with Crippen molar-refractivity contribution in [2.24, 2.45) is 5.73 Å². The maximum absolute atomic E-state index is 14.0. The second kappa shape index (κ2) is 5.12. The Balaban J connectivity index is 2.47. The summed E-state index contributed by atoms with van der Waals surface area (Å²) in [6, 6.07) is 2.63. The van der Waals surface area contributed by atoms with Crippen molar-refractivity contribution in [3.8, 4) is 0 Å². The molecule has 1 nitrogen and oxygen atoms in total. The standard InChI is InChI=1S/C14H17F4N/c15-12-5-4-10(14(16,17)18)8-11(12)13(9-19)6-2-1-3-7-13/h4-5,8H,1-3,6-7,9,19H2. The second-order valence-corrected chi connectivity index (χ2v) is 5.24. The zero-order valence-corrected chi connectivity index (χ0v) is 10.6. The molecule has 0 amide bonds. The minimum absolute atomic E-state index is 0.129. The molecule has 1 saturated carbocycles. The molecule has 0 aliphatic heterocycles. The molecule has 106 valence electrons. The lowest BCUT2D eigenvalue weighted by Crippen LogP contribution is -2.38. The van der Waals surface area contributed by atoms with Gasteiger partial charge in [0.1, 0.15) is 5.82 Å². The van der Waals surface area contributed by atoms with Crippen molar-refractivity contribution in [1.82, 2.24) is 0 Å². The summed E-state index contributed by atoms with van der Waals surface area (Å²) in [7, 11) is 0. The normalized spacial score (nSPS) is 19.4. The first kappa shape index (κ1) is 14.3. The zero-order chi connectivity index (χ0) is 14.1. The Bertz CT molecular complexity index is 447. The number of benzene rings is 1. The van der Waals surface area contributed by atoms with Crippen molar-refractivity contribution in [2.75, 3.05) is 6.54 Å². The van der Waals surface area contributed by atoms with Gasteiger partial charge < -0.3 is 5.73 Å². The van der Waals surface area contributed by atoms with E-state index in [1.807, 2.05) is 0 Å². The summed E-state index contributed by atoms with van der Waals surface area (Å²) in [5.74, 6) is -0.583. The van der Waals surface area contributed by atoms with E-state index < -0.39 is 23.0 Å². The molecule has 1 aliphatic rings. The maximum Gasteiger partial charge on any atom is 0.416 e. The van der Waals surface area contributed by atoms with Crippen molar-refractivity contribution >= 4 is 0 Å². The lowest BCUT2D eigenvalue weighted by molar-refractivity contribution is -0.137. The van der Waals surface area contributed by atoms with E-state index in [1.165, 1.54) is 0 Å². The molecule has 0 heterocycles. The summed E-state index contributed by atoms with van der Waals surface area (Å²) >= 11 is 0. The molecule has 1 fully saturated rings. The van der Waals surface area contributed by atoms with Gasteiger partial charge in [0.25, 0.3) is 0 Å². The minimum Gasteiger partial charge on any atom is -0.330 e. The van der Waals surface area contributed by atoms with Crippen LogP contribution in [-0.2, 0) is 11.6 Å². The summed E-state index contributed by atoms with van der Waals surface area (Å²) in [6.45, 7) is 0.186. The summed E-state index contributed by atoms with van der Waals surface area (Å²) < 4.78 is 52.2. The van der Waals surface area contributed by atoms with Gasteiger partial charge >= 0.3 is 6.18 Å². The van der Waals surface area contributed by atoms with Crippen molar-refractivity contribution in [2.45, 2.75) is 43.7 Å². The van der Waals surface area contributed by atoms with Gasteiger partial charge in [-0.05, 0) is 36.6 Å². The topological polar surface area (TPSA) is 26.0 Å². The van der Waals surface area contributed by atoms with Crippen LogP contribution in [0.1, 0.15) is 43.2 Å². The summed E-state index contributed by atoms with van der Waals surface area (Å²) in [5.41, 5.74) is 4.44. The van der Waals surface area contributed by atoms with Crippen LogP contribution in [0.2, 0.25) is 0 Å². The Morgan fingerprint density at radius 1 is 1.11 bits per heavy atom. The van der Waals surface area contributed by atoms with Crippen LogP contribution >= 0.6 is 0 Å². The summed E-state index contributed by atoms with van der Waals surface area (Å²) in [4.78, 5) is 0. The van der Waals surface area contributed by atoms with Crippen molar-refractivity contribution < 1.29 is 17.6 Å². The average molecular weight is 275 g/mol. The van der Waals surface area contributed by atoms with E-state index in [0.29, 0.717) is 12.8 Å². The summed E-state index contributed by atoms with van der Waals surface area (Å²) in [5, 5.41) is 0. The van der Waals surface area contributed by atoms with Crippen LogP contribution in [-0.4, -0.2) is 6.54 Å². The largest absolute Gasteiger partial charge is 0.416 e. The van der Waals surface area contributed by atoms with Crippen molar-refractivity contribution in [3.63, 3.8) is 0 Å². The third-order valence-corrected chi connectivity index (χ3v) is 4.07. The zero-order valence-electron chi connectivity index (χ0n) is 10.6. The average Bonchev–Trinajstić information content (AvgIpc) is 2.38. The molecule has 0 atom stereocenters. The first-order valence-corrected chi connectivity index (χ1v) is 6.46. The van der Waals surface area contributed by atoms with Crippen LogP contribution in [0.4, 0.5) is 17.6 Å². The molecule has 0 spiro atoms. The van der Waals surface area contributed by atoms with Gasteiger partial charge in [0.05, 0.1) is 5.56 Å². The molecule has 0 unspecified atom stereocenters. The minimum atomic E-state index is -4.45. The molecule has 0 saturated heterocycles. The van der Waals surface area contributed by atoms with Gasteiger partial charge in [0.15, 0.2) is 0 Å². The van der Waals surface area contributed by atoms with Gasteiger partial charge in [0, 0.05) is 12.0 Å². The number of hydrogen-bond acceptors (Lipinski definition) is 1. The Morgan fingerprint density at radius 3 is 2.26 bits per heavy atom. The molecule has 0 aromatic heterocycles. The van der Waals surface area contributed by atoms with E-state index in [4.69, 9.17) is 5.73 Å². The van der Waals surface area contributed by atoms with Gasteiger partial charge in [-0.15, -0.1) is 0 Å². The second-order valence-electron chi connectivity index (χ2n) is 5.24. The molecule has 0 radical (unpaired) electrons. The molecule has 1 aromatic carbocycles. The number of halogens is 4. The lowest BCUT2D eigenvalue weighted by Gasteiger charge is -2.37. The summed E-state index contributed by atoms with van der Waals surface area (Å²) in [6.07, 6.45) is -0.349. The molecule has 1 aliphatic carbocycles. The van der Waals surface area contributed by atoms with Gasteiger partial charge in [-0.1, -0.05) is 19.3 Å². The van der Waals surface area contributed by atoms with E-state index in [1.54, 1.807) is 0 Å². The van der Waals surface area contributed by atoms with E-state index in [9.17, 15) is 17.6 Å². The third kappa shape index (κ3) is 2.76. The highest BCUT2D eigenvalue weighted by atomic mass is 19.4. The van der Waals surface area contributed by atoms with Crippen molar-refractivity contribution in [1.29, 1.82) is 0 Å². The van der Waals surface area contributed by atoms with Crippen LogP contribution in [0, 0.1) is 5.82 Å². The number of alkyl halides is 3. The van der Waals surface area contributed by atoms with Crippen LogP contribution in [0.3, 0.4) is 0 Å². The van der Waals surface area contributed by atoms with Gasteiger partial charge in [-0.2, -0.15) is 13.2 Å². The van der Waals surface area contributed by atoms with E-state index >= 15 is 0 Å². The molecule has 19 heavy (non-hydrogen) atoms. The molecule has 0 bridgehead atoms. The quantitative estimate of drug-likeness (QED) is 0.811. The van der Waals surface area contributed by atoms with Gasteiger partial charge in [0.2, 0.25) is 0 Å².